The van der Waals surface area contributed by atoms with Gasteiger partial charge in [0, 0.05) is 18.2 Å². The second-order valence-electron chi connectivity index (χ2n) is 6.29. The van der Waals surface area contributed by atoms with Crippen LogP contribution in [-0.4, -0.2) is 39.8 Å². The van der Waals surface area contributed by atoms with Crippen molar-refractivity contribution in [3.8, 4) is 5.75 Å². The first kappa shape index (κ1) is 18.7. The molecule has 1 aliphatic carbocycles. The minimum Gasteiger partial charge on any atom is -0.497 e. The van der Waals surface area contributed by atoms with Gasteiger partial charge in [0.25, 0.3) is 5.91 Å². The van der Waals surface area contributed by atoms with E-state index in [-0.39, 0.29) is 24.2 Å². The van der Waals surface area contributed by atoms with Gasteiger partial charge in [-0.15, -0.1) is 0 Å². The third-order valence-electron chi connectivity index (χ3n) is 4.43. The average molecular weight is 354 g/mol. The molecule has 0 aliphatic heterocycles. The maximum atomic E-state index is 12.2. The molecule has 2 N–H and O–H groups in total. The monoisotopic (exact) mass is 354 g/mol. The third-order valence-corrected chi connectivity index (χ3v) is 5.83. The zero-order valence-corrected chi connectivity index (χ0v) is 15.1. The maximum Gasteiger partial charge on any atom is 0.251 e. The Balaban J connectivity index is 1.82. The standard InChI is InChI=1S/C17H26N2O4S/c1-13-6-3-4-9-16(13)19-24(21,22)11-10-18-17(20)14-7-5-8-15(12-14)23-2/h5,7-8,12-13,16,19H,3-4,6,9-11H2,1-2H3,(H,18,20)/t13-,16-/m1/s1. The average Bonchev–Trinajstić information content (AvgIpc) is 2.56. The molecule has 0 radical (unpaired) electrons. The number of hydrogen-bond donors (Lipinski definition) is 2. The van der Waals surface area contributed by atoms with E-state index in [2.05, 4.69) is 17.0 Å². The molecule has 134 valence electrons. The van der Waals surface area contributed by atoms with Gasteiger partial charge in [-0.1, -0.05) is 25.8 Å². The van der Waals surface area contributed by atoms with Crippen LogP contribution in [0.4, 0.5) is 0 Å². The molecule has 1 saturated carbocycles. The zero-order valence-electron chi connectivity index (χ0n) is 14.2. The molecule has 24 heavy (non-hydrogen) atoms. The lowest BCUT2D eigenvalue weighted by molar-refractivity contribution is 0.0955. The van der Waals surface area contributed by atoms with Crippen LogP contribution in [0.2, 0.25) is 0 Å². The van der Waals surface area contributed by atoms with E-state index in [1.807, 2.05) is 0 Å². The van der Waals surface area contributed by atoms with E-state index >= 15 is 0 Å². The molecule has 0 heterocycles. The number of nitrogens with one attached hydrogen (secondary N) is 2. The van der Waals surface area contributed by atoms with E-state index in [4.69, 9.17) is 4.74 Å². The molecule has 1 aromatic carbocycles. The summed E-state index contributed by atoms with van der Waals surface area (Å²) in [5, 5.41) is 2.64. The van der Waals surface area contributed by atoms with Gasteiger partial charge in [0.05, 0.1) is 12.9 Å². The molecule has 0 spiro atoms. The molecular formula is C17H26N2O4S. The van der Waals surface area contributed by atoms with E-state index in [1.165, 1.54) is 7.11 Å². The Kier molecular flexibility index (Phi) is 6.62. The second-order valence-corrected chi connectivity index (χ2v) is 8.17. The molecule has 0 saturated heterocycles. The van der Waals surface area contributed by atoms with E-state index in [9.17, 15) is 13.2 Å². The predicted molar refractivity (Wildman–Crippen MR) is 93.7 cm³/mol. The van der Waals surface area contributed by atoms with Crippen molar-refractivity contribution in [2.45, 2.75) is 38.6 Å². The molecule has 1 aliphatic rings. The van der Waals surface area contributed by atoms with Gasteiger partial charge in [0.1, 0.15) is 5.75 Å². The van der Waals surface area contributed by atoms with E-state index in [0.29, 0.717) is 17.2 Å². The molecule has 6 nitrogen and oxygen atoms in total. The molecule has 1 aromatic rings. The van der Waals surface area contributed by atoms with Gasteiger partial charge >= 0.3 is 0 Å². The van der Waals surface area contributed by atoms with Crippen LogP contribution in [0.3, 0.4) is 0 Å². The Bertz CT molecular complexity index is 660. The number of carbonyl (C=O) groups is 1. The predicted octanol–water partition coefficient (Wildman–Crippen LogP) is 1.92. The number of rotatable bonds is 7. The molecule has 2 atom stereocenters. The van der Waals surface area contributed by atoms with Crippen molar-refractivity contribution in [1.29, 1.82) is 0 Å². The second kappa shape index (κ2) is 8.48. The molecule has 2 rings (SSSR count). The number of methoxy groups -OCH3 is 1. The van der Waals surface area contributed by atoms with Crippen LogP contribution in [-0.2, 0) is 10.0 Å². The summed E-state index contributed by atoms with van der Waals surface area (Å²) in [6, 6.07) is 6.76. The summed E-state index contributed by atoms with van der Waals surface area (Å²) in [5.41, 5.74) is 0.445. The van der Waals surface area contributed by atoms with Crippen molar-refractivity contribution in [1.82, 2.24) is 10.0 Å². The smallest absolute Gasteiger partial charge is 0.251 e. The Morgan fingerprint density at radius 3 is 2.75 bits per heavy atom. The fraction of sp³-hybridized carbons (Fsp3) is 0.588. The summed E-state index contributed by atoms with van der Waals surface area (Å²) >= 11 is 0. The highest BCUT2D eigenvalue weighted by Gasteiger charge is 2.25. The number of hydrogen-bond acceptors (Lipinski definition) is 4. The lowest BCUT2D eigenvalue weighted by Gasteiger charge is -2.29. The number of carbonyl (C=O) groups excluding carboxylic acids is 1. The van der Waals surface area contributed by atoms with Crippen molar-refractivity contribution in [3.05, 3.63) is 29.8 Å². The van der Waals surface area contributed by atoms with Gasteiger partial charge in [-0.25, -0.2) is 13.1 Å². The van der Waals surface area contributed by atoms with Crippen LogP contribution < -0.4 is 14.8 Å². The van der Waals surface area contributed by atoms with Crippen LogP contribution in [0.1, 0.15) is 43.0 Å². The quantitative estimate of drug-likeness (QED) is 0.783. The van der Waals surface area contributed by atoms with Crippen molar-refractivity contribution in [2.75, 3.05) is 19.4 Å². The summed E-state index contributed by atoms with van der Waals surface area (Å²) in [5.74, 6) is 0.518. The molecular weight excluding hydrogens is 328 g/mol. The van der Waals surface area contributed by atoms with Crippen LogP contribution >= 0.6 is 0 Å². The molecule has 7 heteroatoms. The maximum absolute atomic E-state index is 12.2. The van der Waals surface area contributed by atoms with Crippen molar-refractivity contribution in [2.24, 2.45) is 5.92 Å². The largest absolute Gasteiger partial charge is 0.497 e. The Labute approximate surface area is 144 Å². The van der Waals surface area contributed by atoms with Crippen LogP contribution in [0, 0.1) is 5.92 Å². The summed E-state index contributed by atoms with van der Waals surface area (Å²) in [6.07, 6.45) is 4.16. The normalized spacial score (nSPS) is 21.2. The van der Waals surface area contributed by atoms with Crippen molar-refractivity contribution < 1.29 is 17.9 Å². The van der Waals surface area contributed by atoms with E-state index in [0.717, 1.165) is 25.7 Å². The van der Waals surface area contributed by atoms with Gasteiger partial charge < -0.3 is 10.1 Å². The highest BCUT2D eigenvalue weighted by Crippen LogP contribution is 2.24. The molecule has 1 fully saturated rings. The Hall–Kier alpha value is -1.60. The van der Waals surface area contributed by atoms with Gasteiger partial charge in [-0.3, -0.25) is 4.79 Å². The lowest BCUT2D eigenvalue weighted by atomic mass is 9.87. The first-order valence-electron chi connectivity index (χ1n) is 8.33. The van der Waals surface area contributed by atoms with Gasteiger partial charge in [-0.05, 0) is 37.0 Å². The number of amides is 1. The Morgan fingerprint density at radius 2 is 2.04 bits per heavy atom. The molecule has 0 unspecified atom stereocenters. The summed E-state index contributed by atoms with van der Waals surface area (Å²) in [7, 11) is -1.86. The first-order chi connectivity index (χ1) is 11.4. The number of ether oxygens (including phenoxy) is 1. The van der Waals surface area contributed by atoms with Gasteiger partial charge in [0.2, 0.25) is 10.0 Å². The summed E-state index contributed by atoms with van der Waals surface area (Å²) in [4.78, 5) is 12.1. The van der Waals surface area contributed by atoms with Crippen molar-refractivity contribution >= 4 is 15.9 Å². The highest BCUT2D eigenvalue weighted by atomic mass is 32.2. The van der Waals surface area contributed by atoms with Gasteiger partial charge in [0.15, 0.2) is 0 Å². The van der Waals surface area contributed by atoms with E-state index in [1.54, 1.807) is 24.3 Å². The third kappa shape index (κ3) is 5.49. The van der Waals surface area contributed by atoms with Crippen LogP contribution in [0.25, 0.3) is 0 Å². The fourth-order valence-electron chi connectivity index (χ4n) is 2.95. The fourth-order valence-corrected chi connectivity index (χ4v) is 4.25. The minimum absolute atomic E-state index is 0.0119. The topological polar surface area (TPSA) is 84.5 Å². The first-order valence-corrected chi connectivity index (χ1v) is 9.99. The SMILES string of the molecule is COc1cccc(C(=O)NCCS(=O)(=O)N[C@@H]2CCCC[C@H]2C)c1. The van der Waals surface area contributed by atoms with E-state index < -0.39 is 10.0 Å². The Morgan fingerprint density at radius 1 is 1.29 bits per heavy atom. The van der Waals surface area contributed by atoms with Crippen LogP contribution in [0.5, 0.6) is 5.75 Å². The minimum atomic E-state index is -3.39. The number of sulfonamides is 1. The van der Waals surface area contributed by atoms with Gasteiger partial charge in [-0.2, -0.15) is 0 Å². The van der Waals surface area contributed by atoms with Crippen molar-refractivity contribution in [3.63, 3.8) is 0 Å². The molecule has 1 amide bonds. The summed E-state index contributed by atoms with van der Waals surface area (Å²) < 4.78 is 32.2. The summed E-state index contributed by atoms with van der Waals surface area (Å²) in [6.45, 7) is 2.16. The molecule has 0 bridgehead atoms. The number of benzene rings is 1. The molecule has 0 aromatic heterocycles. The van der Waals surface area contributed by atoms with Crippen LogP contribution in [0.15, 0.2) is 24.3 Å². The lowest BCUT2D eigenvalue weighted by Crippen LogP contribution is -2.43. The highest BCUT2D eigenvalue weighted by molar-refractivity contribution is 7.89. The zero-order chi connectivity index (χ0) is 17.6.